The highest BCUT2D eigenvalue weighted by atomic mass is 16.7. The summed E-state index contributed by atoms with van der Waals surface area (Å²) < 4.78 is 23.0. The monoisotopic (exact) mass is 1420 g/mol. The predicted octanol–water partition coefficient (Wildman–Crippen LogP) is 19.4. The Labute approximate surface area is 616 Å². The number of nitrogens with one attached hydrogen (secondary N) is 1. The number of carbonyl (C=O) groups excluding carboxylic acids is 1. The van der Waals surface area contributed by atoms with Gasteiger partial charge in [-0.2, -0.15) is 0 Å². The van der Waals surface area contributed by atoms with Crippen molar-refractivity contribution in [3.63, 3.8) is 0 Å². The molecule has 0 bridgehead atoms. The van der Waals surface area contributed by atoms with Crippen molar-refractivity contribution in [1.29, 1.82) is 0 Å². The van der Waals surface area contributed by atoms with Gasteiger partial charge < -0.3 is 65.1 Å². The second-order valence-corrected chi connectivity index (χ2v) is 28.9. The van der Waals surface area contributed by atoms with Crippen LogP contribution in [0.4, 0.5) is 0 Å². The number of hydrogen-bond donors (Lipinski definition) is 9. The van der Waals surface area contributed by atoms with Gasteiger partial charge >= 0.3 is 0 Å². The molecular formula is C87H153NO13. The highest BCUT2D eigenvalue weighted by Gasteiger charge is 2.51. The number of aliphatic hydroxyl groups excluding tert-OH is 8. The minimum absolute atomic E-state index is 0.207. The lowest BCUT2D eigenvalue weighted by atomic mass is 9.97. The molecule has 0 aromatic carbocycles. The van der Waals surface area contributed by atoms with Gasteiger partial charge in [-0.05, 0) is 83.5 Å². The van der Waals surface area contributed by atoms with Crippen molar-refractivity contribution in [2.45, 2.75) is 415 Å². The molecule has 1 amide bonds. The van der Waals surface area contributed by atoms with Gasteiger partial charge in [0.25, 0.3) is 0 Å². The zero-order valence-corrected chi connectivity index (χ0v) is 64.1. The highest BCUT2D eigenvalue weighted by Crippen LogP contribution is 2.30. The summed E-state index contributed by atoms with van der Waals surface area (Å²) in [5.41, 5.74) is 0. The lowest BCUT2D eigenvalue weighted by molar-refractivity contribution is -0.359. The van der Waals surface area contributed by atoms with Crippen molar-refractivity contribution < 1.29 is 64.6 Å². The smallest absolute Gasteiger partial charge is 0.220 e. The van der Waals surface area contributed by atoms with Gasteiger partial charge in [0.15, 0.2) is 12.6 Å². The third-order valence-electron chi connectivity index (χ3n) is 19.8. The molecule has 101 heavy (non-hydrogen) atoms. The number of carbonyl (C=O) groups is 1. The second-order valence-electron chi connectivity index (χ2n) is 28.9. The van der Waals surface area contributed by atoms with Crippen LogP contribution in [0.3, 0.4) is 0 Å². The molecule has 2 heterocycles. The Morgan fingerprint density at radius 2 is 0.683 bits per heavy atom. The first kappa shape index (κ1) is 93.7. The number of hydrogen-bond acceptors (Lipinski definition) is 13. The molecule has 0 aromatic rings. The zero-order valence-electron chi connectivity index (χ0n) is 64.1. The normalized spacial score (nSPS) is 22.3. The van der Waals surface area contributed by atoms with Crippen LogP contribution >= 0.6 is 0 Å². The molecule has 12 atom stereocenters. The highest BCUT2D eigenvalue weighted by molar-refractivity contribution is 5.76. The van der Waals surface area contributed by atoms with Gasteiger partial charge in [-0.3, -0.25) is 4.79 Å². The number of ether oxygens (including phenoxy) is 4. The molecule has 0 radical (unpaired) electrons. The van der Waals surface area contributed by atoms with Gasteiger partial charge in [0.05, 0.1) is 32.0 Å². The Morgan fingerprint density at radius 1 is 0.366 bits per heavy atom. The molecule has 14 heteroatoms. The number of unbranched alkanes of at least 4 members (excludes halogenated alkanes) is 38. The maximum atomic E-state index is 13.4. The molecule has 584 valence electrons. The van der Waals surface area contributed by atoms with E-state index in [0.717, 1.165) is 116 Å². The summed E-state index contributed by atoms with van der Waals surface area (Å²) in [4.78, 5) is 13.4. The SMILES string of the molecule is CC/C=C\C/C=C\C/C=C\C/C=C\C/C=C\C/C=C\C/C=C\C/C=C\C/C=C\CCCCCCCCCCCCCCCC(=O)NC(COC1OC(CO)C(OC2OC(CO)C(O)C(O)C2O)C(O)C1O)C(O)CCCCCCCCCCCCCCCCCCCCCCCCCCCC. The first-order valence-electron chi connectivity index (χ1n) is 41.6. The maximum Gasteiger partial charge on any atom is 0.220 e. The fourth-order valence-electron chi connectivity index (χ4n) is 13.2. The number of rotatable bonds is 69. The Kier molecular flexibility index (Phi) is 64.7. The average Bonchev–Trinajstić information content (AvgIpc) is 0.792. The van der Waals surface area contributed by atoms with E-state index >= 15 is 0 Å². The average molecular weight is 1420 g/mol. The van der Waals surface area contributed by atoms with Crippen LogP contribution in [0.2, 0.25) is 0 Å². The van der Waals surface area contributed by atoms with Gasteiger partial charge in [-0.15, -0.1) is 0 Å². The molecule has 14 nitrogen and oxygen atoms in total. The minimum Gasteiger partial charge on any atom is -0.394 e. The van der Waals surface area contributed by atoms with Crippen LogP contribution in [0.5, 0.6) is 0 Å². The Morgan fingerprint density at radius 3 is 1.05 bits per heavy atom. The van der Waals surface area contributed by atoms with Gasteiger partial charge in [-0.1, -0.05) is 361 Å². The molecule has 0 aromatic heterocycles. The predicted molar refractivity (Wildman–Crippen MR) is 419 cm³/mol. The van der Waals surface area contributed by atoms with E-state index in [-0.39, 0.29) is 12.5 Å². The summed E-state index contributed by atoms with van der Waals surface area (Å²) in [6, 6.07) is -0.837. The third-order valence-corrected chi connectivity index (χ3v) is 19.8. The van der Waals surface area contributed by atoms with E-state index in [1.807, 2.05) is 0 Å². The van der Waals surface area contributed by atoms with Crippen LogP contribution in [0.25, 0.3) is 0 Å². The minimum atomic E-state index is -1.79. The summed E-state index contributed by atoms with van der Waals surface area (Å²) in [6.45, 7) is 2.79. The molecule has 9 N–H and O–H groups in total. The number of allylic oxidation sites excluding steroid dienone is 18. The summed E-state index contributed by atoms with van der Waals surface area (Å²) in [5, 5.41) is 87.9. The molecular weight excluding hydrogens is 1270 g/mol. The zero-order chi connectivity index (χ0) is 73.0. The van der Waals surface area contributed by atoms with Crippen LogP contribution in [-0.2, 0) is 23.7 Å². The van der Waals surface area contributed by atoms with Crippen molar-refractivity contribution in [1.82, 2.24) is 5.32 Å². The first-order valence-corrected chi connectivity index (χ1v) is 41.6. The van der Waals surface area contributed by atoms with E-state index in [1.54, 1.807) is 0 Å². The lowest BCUT2D eigenvalue weighted by Crippen LogP contribution is -2.65. The van der Waals surface area contributed by atoms with Gasteiger partial charge in [0.1, 0.15) is 48.8 Å². The van der Waals surface area contributed by atoms with Crippen LogP contribution < -0.4 is 5.32 Å². The summed E-state index contributed by atoms with van der Waals surface area (Å²) >= 11 is 0. The second kappa shape index (κ2) is 69.7. The van der Waals surface area contributed by atoms with Gasteiger partial charge in [-0.25, -0.2) is 0 Å². The van der Waals surface area contributed by atoms with E-state index < -0.39 is 86.8 Å². The van der Waals surface area contributed by atoms with Crippen molar-refractivity contribution in [3.8, 4) is 0 Å². The van der Waals surface area contributed by atoms with Crippen LogP contribution in [0.1, 0.15) is 341 Å². The van der Waals surface area contributed by atoms with Crippen molar-refractivity contribution >= 4 is 5.91 Å². The molecule has 0 spiro atoms. The van der Waals surface area contributed by atoms with Crippen LogP contribution in [0.15, 0.2) is 109 Å². The Bertz CT molecular complexity index is 2120. The molecule has 2 saturated heterocycles. The summed E-state index contributed by atoms with van der Waals surface area (Å²) in [6.07, 6.45) is 84.1. The summed E-state index contributed by atoms with van der Waals surface area (Å²) in [5.74, 6) is -0.207. The fraction of sp³-hybridized carbons (Fsp3) is 0.782. The first-order chi connectivity index (χ1) is 49.6. The van der Waals surface area contributed by atoms with E-state index in [2.05, 4.69) is 129 Å². The van der Waals surface area contributed by atoms with E-state index in [0.29, 0.717) is 12.8 Å². The van der Waals surface area contributed by atoms with E-state index in [9.17, 15) is 45.6 Å². The molecule has 0 saturated carbocycles. The van der Waals surface area contributed by atoms with Crippen LogP contribution in [-0.4, -0.2) is 140 Å². The Balaban J connectivity index is 1.59. The van der Waals surface area contributed by atoms with Crippen LogP contribution in [0, 0.1) is 0 Å². The lowest BCUT2D eigenvalue weighted by Gasteiger charge is -2.46. The van der Waals surface area contributed by atoms with Gasteiger partial charge in [0, 0.05) is 6.42 Å². The van der Waals surface area contributed by atoms with Crippen molar-refractivity contribution in [2.24, 2.45) is 0 Å². The molecule has 12 unspecified atom stereocenters. The maximum absolute atomic E-state index is 13.4. The standard InChI is InChI=1S/C87H153NO13/c1-3-5-7-9-11-13-15-17-19-21-23-25-27-29-31-32-33-34-35-36-37-38-39-40-41-42-43-44-45-47-49-51-53-55-57-59-61-63-65-67-69-71-79(92)88-75(74-98-86-84(97)82(95)85(78(73-90)100-86)101-87-83(96)81(94)80(93)77(72-89)99-87)76(91)70-68-66-64-62-60-58-56-54-52-50-48-46-30-28-26-24-22-20-18-16-14-12-10-8-6-4-2/h5,7,11,13,17,19,23,25,29,31,33-34,36-37,39-40,42-43,75-78,80-87,89-91,93-97H,3-4,6,8-10,12,14-16,18,20-22,24,26-28,30,32,35,38,41,44-74H2,1-2H3,(H,88,92)/b7-5-,13-11-,19-17-,25-23-,31-29-,34-33-,37-36-,40-39-,43-42-. The van der Waals surface area contributed by atoms with Gasteiger partial charge in [0.2, 0.25) is 5.91 Å². The molecule has 2 aliphatic rings. The van der Waals surface area contributed by atoms with Crippen molar-refractivity contribution in [3.05, 3.63) is 109 Å². The molecule has 2 rings (SSSR count). The number of aliphatic hydroxyl groups is 8. The molecule has 0 aliphatic carbocycles. The van der Waals surface area contributed by atoms with E-state index in [4.69, 9.17) is 18.9 Å². The fourth-order valence-corrected chi connectivity index (χ4v) is 13.2. The quantitative estimate of drug-likeness (QED) is 0.0204. The van der Waals surface area contributed by atoms with E-state index in [1.165, 1.54) is 199 Å². The van der Waals surface area contributed by atoms with Crippen molar-refractivity contribution in [2.75, 3.05) is 19.8 Å². The molecule has 2 fully saturated rings. The third kappa shape index (κ3) is 52.3. The largest absolute Gasteiger partial charge is 0.394 e. The topological polar surface area (TPSA) is 228 Å². The number of amides is 1. The molecule has 2 aliphatic heterocycles. The Hall–Kier alpha value is -3.35. The summed E-state index contributed by atoms with van der Waals surface area (Å²) in [7, 11) is 0.